The number of likely N-dealkylation sites (tertiary alicyclic amines) is 1. The molecule has 1 amide bonds. The Morgan fingerprint density at radius 2 is 1.70 bits per heavy atom. The maximum absolute atomic E-state index is 13.2. The van der Waals surface area contributed by atoms with Crippen molar-refractivity contribution in [3.05, 3.63) is 0 Å². The third-order valence-corrected chi connectivity index (χ3v) is 7.43. The second-order valence-corrected chi connectivity index (χ2v) is 9.81. The highest BCUT2D eigenvalue weighted by molar-refractivity contribution is 9.09. The van der Waals surface area contributed by atoms with E-state index >= 15 is 0 Å². The van der Waals surface area contributed by atoms with Crippen molar-refractivity contribution in [1.29, 1.82) is 0 Å². The highest BCUT2D eigenvalue weighted by Gasteiger charge is 2.59. The molecular weight excluding hydrogens is 314 g/mol. The lowest BCUT2D eigenvalue weighted by Crippen LogP contribution is -2.58. The minimum absolute atomic E-state index is 0.0397. The molecule has 20 heavy (non-hydrogen) atoms. The number of nitrogens with zero attached hydrogens (tertiary/aromatic N) is 1. The van der Waals surface area contributed by atoms with Crippen LogP contribution in [0.5, 0.6) is 0 Å². The van der Waals surface area contributed by atoms with Gasteiger partial charge in [-0.3, -0.25) is 4.79 Å². The van der Waals surface area contributed by atoms with Crippen LogP contribution in [0.4, 0.5) is 0 Å². The summed E-state index contributed by atoms with van der Waals surface area (Å²) in [5.41, 5.74) is 0.519. The second-order valence-electron chi connectivity index (χ2n) is 8.52. The number of carbonyl (C=O) groups excluding carboxylic acids is 1. The summed E-state index contributed by atoms with van der Waals surface area (Å²) in [7, 11) is 0. The molecule has 5 fully saturated rings. The third kappa shape index (κ3) is 2.07. The summed E-state index contributed by atoms with van der Waals surface area (Å²) in [5.74, 6) is 2.22. The molecule has 2 atom stereocenters. The summed E-state index contributed by atoms with van der Waals surface area (Å²) in [6, 6.07) is 0. The lowest BCUT2D eigenvalue weighted by atomic mass is 9.44. The van der Waals surface area contributed by atoms with Gasteiger partial charge in [0.2, 0.25) is 5.91 Å². The van der Waals surface area contributed by atoms with Crippen molar-refractivity contribution in [2.45, 2.75) is 63.1 Å². The van der Waals surface area contributed by atoms with Gasteiger partial charge in [-0.05, 0) is 68.6 Å². The van der Waals surface area contributed by atoms with Gasteiger partial charge in [0.05, 0.1) is 5.41 Å². The van der Waals surface area contributed by atoms with Crippen LogP contribution in [-0.4, -0.2) is 28.7 Å². The quantitative estimate of drug-likeness (QED) is 0.661. The van der Waals surface area contributed by atoms with Crippen molar-refractivity contribution < 1.29 is 4.79 Å². The predicted octanol–water partition coefficient (Wildman–Crippen LogP) is 3.98. The fraction of sp³-hybridized carbons (Fsp3) is 0.941. The molecule has 4 saturated carbocycles. The van der Waals surface area contributed by atoms with Crippen LogP contribution < -0.4 is 0 Å². The van der Waals surface area contributed by atoms with Crippen molar-refractivity contribution in [2.24, 2.45) is 22.7 Å². The van der Waals surface area contributed by atoms with E-state index in [0.717, 1.165) is 37.8 Å². The third-order valence-electron chi connectivity index (χ3n) is 6.52. The van der Waals surface area contributed by atoms with Crippen LogP contribution in [0.15, 0.2) is 0 Å². The molecule has 0 radical (unpaired) electrons. The molecule has 2 unspecified atom stereocenters. The number of alkyl halides is 1. The van der Waals surface area contributed by atoms with E-state index in [1.807, 2.05) is 0 Å². The number of rotatable bonds is 1. The molecule has 2 nitrogen and oxygen atoms in total. The summed E-state index contributed by atoms with van der Waals surface area (Å²) in [5, 5.41) is 0. The van der Waals surface area contributed by atoms with Crippen LogP contribution in [0.3, 0.4) is 0 Å². The van der Waals surface area contributed by atoms with Crippen LogP contribution in [0.2, 0.25) is 0 Å². The molecule has 0 N–H and O–H groups in total. The molecule has 3 heteroatoms. The average Bonchev–Trinajstić information content (AvgIpc) is 2.36. The van der Waals surface area contributed by atoms with Gasteiger partial charge in [-0.2, -0.15) is 0 Å². The van der Waals surface area contributed by atoms with E-state index in [9.17, 15) is 4.79 Å². The monoisotopic (exact) mass is 339 g/mol. The average molecular weight is 340 g/mol. The van der Waals surface area contributed by atoms with Crippen molar-refractivity contribution in [1.82, 2.24) is 4.90 Å². The van der Waals surface area contributed by atoms with Gasteiger partial charge in [0.25, 0.3) is 0 Å². The SMILES string of the molecule is CC12CC3CC(C1)CC(C(=O)N1CCC(Br)CC1)(C3)C2. The zero-order chi connectivity index (χ0) is 14.0. The van der Waals surface area contributed by atoms with E-state index in [1.165, 1.54) is 38.5 Å². The molecule has 5 rings (SSSR count). The fourth-order valence-corrected chi connectivity index (χ4v) is 6.77. The smallest absolute Gasteiger partial charge is 0.228 e. The first-order chi connectivity index (χ1) is 9.48. The Labute approximate surface area is 130 Å². The van der Waals surface area contributed by atoms with Crippen LogP contribution in [0.25, 0.3) is 0 Å². The first-order valence-corrected chi connectivity index (χ1v) is 9.33. The molecule has 0 aromatic carbocycles. The molecule has 5 aliphatic rings. The molecule has 1 aliphatic heterocycles. The molecule has 0 aromatic heterocycles. The van der Waals surface area contributed by atoms with E-state index < -0.39 is 0 Å². The topological polar surface area (TPSA) is 20.3 Å². The number of carbonyl (C=O) groups is 1. The van der Waals surface area contributed by atoms with Gasteiger partial charge >= 0.3 is 0 Å². The van der Waals surface area contributed by atoms with Gasteiger partial charge in [-0.15, -0.1) is 0 Å². The number of hydrogen-bond acceptors (Lipinski definition) is 1. The molecule has 1 heterocycles. The van der Waals surface area contributed by atoms with Gasteiger partial charge in [0.15, 0.2) is 0 Å². The first-order valence-electron chi connectivity index (χ1n) is 8.42. The van der Waals surface area contributed by atoms with Crippen LogP contribution >= 0.6 is 15.9 Å². The Morgan fingerprint density at radius 3 is 2.25 bits per heavy atom. The summed E-state index contributed by atoms with van der Waals surface area (Å²) in [6.07, 6.45) is 10.0. The standard InChI is InChI=1S/C17H26BrNO/c1-16-7-12-6-13(8-16)10-17(9-12,11-16)15(20)19-4-2-14(18)3-5-19/h12-14H,2-11H2,1H3. The van der Waals surface area contributed by atoms with Crippen LogP contribution in [0, 0.1) is 22.7 Å². The van der Waals surface area contributed by atoms with Gasteiger partial charge in [-0.25, -0.2) is 0 Å². The zero-order valence-corrected chi connectivity index (χ0v) is 14.1. The van der Waals surface area contributed by atoms with E-state index in [-0.39, 0.29) is 5.41 Å². The zero-order valence-electron chi connectivity index (χ0n) is 12.5. The molecule has 4 bridgehead atoms. The van der Waals surface area contributed by atoms with E-state index in [0.29, 0.717) is 16.1 Å². The summed E-state index contributed by atoms with van der Waals surface area (Å²) in [6.45, 7) is 4.41. The lowest BCUT2D eigenvalue weighted by Gasteiger charge is -2.61. The maximum Gasteiger partial charge on any atom is 0.228 e. The highest BCUT2D eigenvalue weighted by atomic mass is 79.9. The Kier molecular flexibility index (Phi) is 3.04. The van der Waals surface area contributed by atoms with Crippen molar-refractivity contribution in [3.8, 4) is 0 Å². The highest BCUT2D eigenvalue weighted by Crippen LogP contribution is 2.65. The number of piperidine rings is 1. The van der Waals surface area contributed by atoms with Crippen LogP contribution in [-0.2, 0) is 4.79 Å². The predicted molar refractivity (Wildman–Crippen MR) is 83.8 cm³/mol. The lowest BCUT2D eigenvalue weighted by molar-refractivity contribution is -0.166. The second kappa shape index (κ2) is 4.47. The largest absolute Gasteiger partial charge is 0.342 e. The number of halogens is 1. The van der Waals surface area contributed by atoms with Gasteiger partial charge in [0, 0.05) is 17.9 Å². The summed E-state index contributed by atoms with van der Waals surface area (Å²) >= 11 is 3.70. The normalized spacial score (nSPS) is 47.8. The molecule has 1 saturated heterocycles. The first kappa shape index (κ1) is 13.6. The van der Waals surface area contributed by atoms with Gasteiger partial charge < -0.3 is 4.90 Å². The van der Waals surface area contributed by atoms with Gasteiger partial charge in [-0.1, -0.05) is 22.9 Å². The Bertz CT molecular complexity index is 413. The Balaban J connectivity index is 1.56. The van der Waals surface area contributed by atoms with Crippen molar-refractivity contribution in [3.63, 3.8) is 0 Å². The number of hydrogen-bond donors (Lipinski definition) is 0. The molecule has 0 spiro atoms. The van der Waals surface area contributed by atoms with Crippen molar-refractivity contribution >= 4 is 21.8 Å². The van der Waals surface area contributed by atoms with E-state index in [2.05, 4.69) is 27.8 Å². The Hall–Kier alpha value is -0.0500. The molecular formula is C17H26BrNO. The molecule has 0 aromatic rings. The minimum atomic E-state index is 0.0397. The number of amides is 1. The maximum atomic E-state index is 13.2. The Morgan fingerprint density at radius 1 is 1.10 bits per heavy atom. The summed E-state index contributed by atoms with van der Waals surface area (Å²) < 4.78 is 0. The van der Waals surface area contributed by atoms with Crippen LogP contribution in [0.1, 0.15) is 58.3 Å². The van der Waals surface area contributed by atoms with E-state index in [1.54, 1.807) is 0 Å². The molecule has 4 aliphatic carbocycles. The summed E-state index contributed by atoms with van der Waals surface area (Å²) in [4.78, 5) is 16.0. The minimum Gasteiger partial charge on any atom is -0.342 e. The van der Waals surface area contributed by atoms with Crippen molar-refractivity contribution in [2.75, 3.05) is 13.1 Å². The molecule has 112 valence electrons. The fourth-order valence-electron chi connectivity index (χ4n) is 6.36. The van der Waals surface area contributed by atoms with Gasteiger partial charge in [0.1, 0.15) is 0 Å². The van der Waals surface area contributed by atoms with E-state index in [4.69, 9.17) is 0 Å².